The summed E-state index contributed by atoms with van der Waals surface area (Å²) in [5.74, 6) is -1.06. The summed E-state index contributed by atoms with van der Waals surface area (Å²) in [6.45, 7) is 0.783. The predicted octanol–water partition coefficient (Wildman–Crippen LogP) is 2.55. The maximum atomic E-state index is 12.8. The van der Waals surface area contributed by atoms with E-state index in [1.54, 1.807) is 55.9 Å². The third-order valence-corrected chi connectivity index (χ3v) is 4.63. The monoisotopic (exact) mass is 382 g/mol. The quantitative estimate of drug-likeness (QED) is 0.343. The molecule has 3 rings (SSSR count). The van der Waals surface area contributed by atoms with E-state index in [2.05, 4.69) is 4.98 Å². The third-order valence-electron chi connectivity index (χ3n) is 4.63. The Bertz CT molecular complexity index is 895. The standard InChI is InChI=1S/C21H22N2O5/c1-27-11-5-10-23-18(15-7-4-9-22-13-15)17(20(25)21(23)26)19(24)14-6-3-8-16(12-14)28-2/h3-4,6-9,12-13,18,24H,5,10-11H2,1-2H3. The predicted molar refractivity (Wildman–Crippen MR) is 103 cm³/mol. The number of carbonyl (C=O) groups excluding carboxylic acids is 2. The van der Waals surface area contributed by atoms with Crippen LogP contribution in [0, 0.1) is 0 Å². The SMILES string of the molecule is COCCCN1C(=O)C(=O)C(=C(O)c2cccc(OC)c2)C1c1cccnc1. The van der Waals surface area contributed by atoms with Crippen LogP contribution in [0.5, 0.6) is 5.75 Å². The van der Waals surface area contributed by atoms with E-state index in [-0.39, 0.29) is 11.3 Å². The summed E-state index contributed by atoms with van der Waals surface area (Å²) < 4.78 is 10.3. The van der Waals surface area contributed by atoms with Crippen LogP contribution >= 0.6 is 0 Å². The van der Waals surface area contributed by atoms with Crippen LogP contribution in [0.1, 0.15) is 23.6 Å². The maximum Gasteiger partial charge on any atom is 0.295 e. The van der Waals surface area contributed by atoms with Gasteiger partial charge >= 0.3 is 0 Å². The molecule has 1 atom stereocenters. The van der Waals surface area contributed by atoms with E-state index >= 15 is 0 Å². The van der Waals surface area contributed by atoms with Crippen molar-refractivity contribution in [3.8, 4) is 5.75 Å². The lowest BCUT2D eigenvalue weighted by Crippen LogP contribution is -2.31. The number of aliphatic hydroxyl groups is 1. The number of aromatic nitrogens is 1. The molecule has 1 N–H and O–H groups in total. The Kier molecular flexibility index (Phi) is 6.06. The van der Waals surface area contributed by atoms with Gasteiger partial charge in [-0.3, -0.25) is 14.6 Å². The van der Waals surface area contributed by atoms with E-state index in [1.807, 2.05) is 0 Å². The first-order valence-electron chi connectivity index (χ1n) is 8.90. The zero-order chi connectivity index (χ0) is 20.1. The maximum absolute atomic E-state index is 12.8. The van der Waals surface area contributed by atoms with Gasteiger partial charge in [-0.1, -0.05) is 18.2 Å². The molecule has 1 aliphatic heterocycles. The Hall–Kier alpha value is -3.19. The minimum Gasteiger partial charge on any atom is -0.507 e. The molecular formula is C21H22N2O5. The van der Waals surface area contributed by atoms with Gasteiger partial charge in [0.25, 0.3) is 11.7 Å². The van der Waals surface area contributed by atoms with E-state index in [0.717, 1.165) is 0 Å². The second-order valence-corrected chi connectivity index (χ2v) is 6.36. The van der Waals surface area contributed by atoms with Gasteiger partial charge in [-0.25, -0.2) is 0 Å². The van der Waals surface area contributed by atoms with E-state index in [4.69, 9.17) is 9.47 Å². The highest BCUT2D eigenvalue weighted by Crippen LogP contribution is 2.39. The van der Waals surface area contributed by atoms with Gasteiger partial charge < -0.3 is 19.5 Å². The number of methoxy groups -OCH3 is 2. The van der Waals surface area contributed by atoms with Crippen molar-refractivity contribution < 1.29 is 24.2 Å². The van der Waals surface area contributed by atoms with Gasteiger partial charge in [-0.2, -0.15) is 0 Å². The van der Waals surface area contributed by atoms with Crippen LogP contribution in [-0.2, 0) is 14.3 Å². The van der Waals surface area contributed by atoms with Gasteiger partial charge in [0.1, 0.15) is 11.5 Å². The van der Waals surface area contributed by atoms with Gasteiger partial charge in [-0.05, 0) is 30.2 Å². The number of hydrogen-bond donors (Lipinski definition) is 1. The molecule has 28 heavy (non-hydrogen) atoms. The second-order valence-electron chi connectivity index (χ2n) is 6.36. The number of rotatable bonds is 7. The summed E-state index contributed by atoms with van der Waals surface area (Å²) in [5, 5.41) is 10.9. The molecule has 0 radical (unpaired) electrons. The average Bonchev–Trinajstić information content (AvgIpc) is 2.99. The molecular weight excluding hydrogens is 360 g/mol. The Morgan fingerprint density at radius 2 is 2.04 bits per heavy atom. The number of ether oxygens (including phenoxy) is 2. The first kappa shape index (κ1) is 19.6. The molecule has 1 aromatic carbocycles. The number of nitrogens with zero attached hydrogens (tertiary/aromatic N) is 2. The molecule has 1 aliphatic rings. The van der Waals surface area contributed by atoms with E-state index in [9.17, 15) is 14.7 Å². The van der Waals surface area contributed by atoms with Crippen molar-refractivity contribution in [2.45, 2.75) is 12.5 Å². The first-order valence-corrected chi connectivity index (χ1v) is 8.90. The molecule has 0 spiro atoms. The van der Waals surface area contributed by atoms with Gasteiger partial charge in [0.15, 0.2) is 0 Å². The van der Waals surface area contributed by atoms with E-state index in [1.165, 1.54) is 12.0 Å². The number of carbonyl (C=O) groups is 2. The van der Waals surface area contributed by atoms with Crippen molar-refractivity contribution in [1.82, 2.24) is 9.88 Å². The van der Waals surface area contributed by atoms with Crippen LogP contribution < -0.4 is 4.74 Å². The van der Waals surface area contributed by atoms with Crippen molar-refractivity contribution >= 4 is 17.4 Å². The molecule has 0 bridgehead atoms. The molecule has 1 amide bonds. The molecule has 0 aliphatic carbocycles. The van der Waals surface area contributed by atoms with Crippen LogP contribution in [-0.4, -0.2) is 54.1 Å². The summed E-state index contributed by atoms with van der Waals surface area (Å²) in [5.41, 5.74) is 1.11. The number of ketones is 1. The van der Waals surface area contributed by atoms with E-state index in [0.29, 0.717) is 36.4 Å². The smallest absolute Gasteiger partial charge is 0.295 e. The number of amides is 1. The number of pyridine rings is 1. The zero-order valence-electron chi connectivity index (χ0n) is 15.8. The van der Waals surface area contributed by atoms with Gasteiger partial charge in [0.2, 0.25) is 0 Å². The molecule has 146 valence electrons. The fourth-order valence-electron chi connectivity index (χ4n) is 3.30. The summed E-state index contributed by atoms with van der Waals surface area (Å²) in [7, 11) is 3.10. The van der Waals surface area contributed by atoms with Crippen LogP contribution in [0.4, 0.5) is 0 Å². The highest BCUT2D eigenvalue weighted by Gasteiger charge is 2.45. The normalized spacial score (nSPS) is 18.5. The minimum absolute atomic E-state index is 0.0451. The lowest BCUT2D eigenvalue weighted by Gasteiger charge is -2.25. The number of Topliss-reactive ketones (excluding diaryl/α,β-unsaturated/α-hetero) is 1. The lowest BCUT2D eigenvalue weighted by molar-refractivity contribution is -0.140. The molecule has 1 aromatic heterocycles. The second kappa shape index (κ2) is 8.67. The molecule has 2 aromatic rings. The highest BCUT2D eigenvalue weighted by atomic mass is 16.5. The van der Waals surface area contributed by atoms with Crippen molar-refractivity contribution in [3.63, 3.8) is 0 Å². The average molecular weight is 382 g/mol. The van der Waals surface area contributed by atoms with Gasteiger partial charge in [0, 0.05) is 38.2 Å². The van der Waals surface area contributed by atoms with Crippen molar-refractivity contribution in [3.05, 3.63) is 65.5 Å². The summed E-state index contributed by atoms with van der Waals surface area (Å²) in [6, 6.07) is 9.53. The number of aliphatic hydroxyl groups excluding tert-OH is 1. The highest BCUT2D eigenvalue weighted by molar-refractivity contribution is 6.46. The van der Waals surface area contributed by atoms with Crippen LogP contribution in [0.3, 0.4) is 0 Å². The summed E-state index contributed by atoms with van der Waals surface area (Å²) in [6.07, 6.45) is 3.78. The summed E-state index contributed by atoms with van der Waals surface area (Å²) in [4.78, 5) is 31.1. The molecule has 1 unspecified atom stereocenters. The van der Waals surface area contributed by atoms with Gasteiger partial charge in [-0.15, -0.1) is 0 Å². The fourth-order valence-corrected chi connectivity index (χ4v) is 3.30. The third kappa shape index (κ3) is 3.75. The molecule has 7 nitrogen and oxygen atoms in total. The molecule has 2 heterocycles. The van der Waals surface area contributed by atoms with Crippen LogP contribution in [0.2, 0.25) is 0 Å². The number of likely N-dealkylation sites (tertiary alicyclic amines) is 1. The first-order chi connectivity index (χ1) is 13.6. The van der Waals surface area contributed by atoms with E-state index < -0.39 is 17.7 Å². The van der Waals surface area contributed by atoms with Gasteiger partial charge in [0.05, 0.1) is 18.7 Å². The lowest BCUT2D eigenvalue weighted by atomic mass is 9.96. The Balaban J connectivity index is 2.10. The van der Waals surface area contributed by atoms with Crippen LogP contribution in [0.15, 0.2) is 54.4 Å². The zero-order valence-corrected chi connectivity index (χ0v) is 15.8. The number of benzene rings is 1. The molecule has 0 saturated carbocycles. The van der Waals surface area contributed by atoms with Crippen molar-refractivity contribution in [1.29, 1.82) is 0 Å². The van der Waals surface area contributed by atoms with Crippen LogP contribution in [0.25, 0.3) is 5.76 Å². The fraction of sp³-hybridized carbons (Fsp3) is 0.286. The number of hydrogen-bond acceptors (Lipinski definition) is 6. The molecule has 1 saturated heterocycles. The van der Waals surface area contributed by atoms with Crippen molar-refractivity contribution in [2.24, 2.45) is 0 Å². The topological polar surface area (TPSA) is 89.0 Å². The Morgan fingerprint density at radius 1 is 1.21 bits per heavy atom. The Morgan fingerprint density at radius 3 is 2.71 bits per heavy atom. The molecule has 7 heteroatoms. The summed E-state index contributed by atoms with van der Waals surface area (Å²) >= 11 is 0. The minimum atomic E-state index is -0.716. The van der Waals surface area contributed by atoms with Crippen molar-refractivity contribution in [2.75, 3.05) is 27.4 Å². The molecule has 1 fully saturated rings. The Labute approximate surface area is 163 Å². The largest absolute Gasteiger partial charge is 0.507 e.